The molecule has 1 atom stereocenters. The van der Waals surface area contributed by atoms with Gasteiger partial charge in [0.15, 0.2) is 0 Å². The zero-order valence-corrected chi connectivity index (χ0v) is 10.5. The molecule has 94 valence electrons. The number of amides is 1. The van der Waals surface area contributed by atoms with Crippen molar-refractivity contribution in [3.05, 3.63) is 29.8 Å². The number of aliphatic hydroxyl groups is 1. The Kier molecular flexibility index (Phi) is 4.97. The zero-order chi connectivity index (χ0) is 12.8. The molecular formula is C13H19NO3. The van der Waals surface area contributed by atoms with Gasteiger partial charge in [0.05, 0.1) is 19.6 Å². The van der Waals surface area contributed by atoms with Gasteiger partial charge in [0.2, 0.25) is 5.91 Å². The second-order valence-corrected chi connectivity index (χ2v) is 4.11. The lowest BCUT2D eigenvalue weighted by molar-refractivity contribution is -0.130. The Balaban J connectivity index is 2.67. The molecule has 1 aromatic carbocycles. The number of hydrogen-bond acceptors (Lipinski definition) is 3. The summed E-state index contributed by atoms with van der Waals surface area (Å²) in [6.45, 7) is 2.00. The number of benzene rings is 1. The van der Waals surface area contributed by atoms with Gasteiger partial charge < -0.3 is 14.7 Å². The van der Waals surface area contributed by atoms with Gasteiger partial charge in [0.1, 0.15) is 5.75 Å². The van der Waals surface area contributed by atoms with Crippen LogP contribution in [0.3, 0.4) is 0 Å². The third-order valence-electron chi connectivity index (χ3n) is 2.50. The van der Waals surface area contributed by atoms with E-state index in [1.54, 1.807) is 21.1 Å². The summed E-state index contributed by atoms with van der Waals surface area (Å²) in [7, 11) is 3.27. The molecule has 0 aliphatic heterocycles. The molecule has 0 aromatic heterocycles. The summed E-state index contributed by atoms with van der Waals surface area (Å²) in [5.41, 5.74) is 0.859. The predicted octanol–water partition coefficient (Wildman–Crippen LogP) is 1.08. The number of hydrogen-bond donors (Lipinski definition) is 1. The van der Waals surface area contributed by atoms with E-state index in [0.29, 0.717) is 12.3 Å². The second kappa shape index (κ2) is 6.25. The van der Waals surface area contributed by atoms with Gasteiger partial charge in [0, 0.05) is 19.2 Å². The summed E-state index contributed by atoms with van der Waals surface area (Å²) in [6.07, 6.45) is -0.227. The number of rotatable bonds is 5. The standard InChI is InChI=1S/C13H19NO3/c1-10(15)9-14(2)13(16)8-11-6-4-5-7-12(11)17-3/h4-7,10,15H,8-9H2,1-3H3. The Bertz CT molecular complexity index is 377. The van der Waals surface area contributed by atoms with Crippen LogP contribution in [0.1, 0.15) is 12.5 Å². The molecule has 0 saturated carbocycles. The van der Waals surface area contributed by atoms with Crippen molar-refractivity contribution in [2.45, 2.75) is 19.4 Å². The van der Waals surface area contributed by atoms with E-state index < -0.39 is 6.10 Å². The van der Waals surface area contributed by atoms with E-state index in [1.165, 1.54) is 4.90 Å². The van der Waals surface area contributed by atoms with Gasteiger partial charge >= 0.3 is 0 Å². The van der Waals surface area contributed by atoms with Crippen molar-refractivity contribution in [2.24, 2.45) is 0 Å². The van der Waals surface area contributed by atoms with Crippen molar-refractivity contribution in [1.82, 2.24) is 4.90 Å². The lowest BCUT2D eigenvalue weighted by Gasteiger charge is -2.19. The third-order valence-corrected chi connectivity index (χ3v) is 2.50. The molecule has 4 nitrogen and oxygen atoms in total. The topological polar surface area (TPSA) is 49.8 Å². The highest BCUT2D eigenvalue weighted by molar-refractivity contribution is 5.79. The summed E-state index contributed by atoms with van der Waals surface area (Å²) < 4.78 is 5.19. The molecule has 0 aliphatic carbocycles. The predicted molar refractivity (Wildman–Crippen MR) is 66.0 cm³/mol. The van der Waals surface area contributed by atoms with E-state index in [2.05, 4.69) is 0 Å². The average Bonchev–Trinajstić information content (AvgIpc) is 2.28. The van der Waals surface area contributed by atoms with E-state index in [4.69, 9.17) is 4.74 Å². The lowest BCUT2D eigenvalue weighted by Crippen LogP contribution is -2.34. The minimum Gasteiger partial charge on any atom is -0.496 e. The maximum Gasteiger partial charge on any atom is 0.226 e. The summed E-state index contributed by atoms with van der Waals surface area (Å²) in [5, 5.41) is 9.22. The molecule has 1 rings (SSSR count). The number of carbonyl (C=O) groups excluding carboxylic acids is 1. The molecule has 1 amide bonds. The van der Waals surface area contributed by atoms with Crippen LogP contribution in [-0.4, -0.2) is 42.7 Å². The number of carbonyl (C=O) groups is 1. The maximum atomic E-state index is 11.9. The average molecular weight is 237 g/mol. The molecule has 4 heteroatoms. The summed E-state index contributed by atoms with van der Waals surface area (Å²) in [5.74, 6) is 0.682. The van der Waals surface area contributed by atoms with Crippen molar-refractivity contribution in [1.29, 1.82) is 0 Å². The first-order chi connectivity index (χ1) is 8.04. The van der Waals surface area contributed by atoms with Gasteiger partial charge in [-0.05, 0) is 13.0 Å². The SMILES string of the molecule is COc1ccccc1CC(=O)N(C)CC(C)O. The van der Waals surface area contributed by atoms with Crippen LogP contribution < -0.4 is 4.74 Å². The fourth-order valence-electron chi connectivity index (χ4n) is 1.65. The molecule has 0 radical (unpaired) electrons. The number of nitrogens with zero attached hydrogens (tertiary/aromatic N) is 1. The highest BCUT2D eigenvalue weighted by atomic mass is 16.5. The molecule has 0 saturated heterocycles. The Morgan fingerprint density at radius 1 is 1.47 bits per heavy atom. The molecule has 1 N–H and O–H groups in total. The van der Waals surface area contributed by atoms with Crippen LogP contribution in [0.25, 0.3) is 0 Å². The van der Waals surface area contributed by atoms with Crippen LogP contribution in [-0.2, 0) is 11.2 Å². The largest absolute Gasteiger partial charge is 0.496 e. The monoisotopic (exact) mass is 237 g/mol. The van der Waals surface area contributed by atoms with Crippen molar-refractivity contribution >= 4 is 5.91 Å². The molecule has 1 aromatic rings. The summed E-state index contributed by atoms with van der Waals surface area (Å²) in [4.78, 5) is 13.4. The van der Waals surface area contributed by atoms with Gasteiger partial charge in [-0.2, -0.15) is 0 Å². The van der Waals surface area contributed by atoms with Gasteiger partial charge in [-0.25, -0.2) is 0 Å². The first kappa shape index (κ1) is 13.5. The molecule has 1 unspecified atom stereocenters. The first-order valence-corrected chi connectivity index (χ1v) is 5.58. The van der Waals surface area contributed by atoms with E-state index in [0.717, 1.165) is 5.56 Å². The van der Waals surface area contributed by atoms with Crippen molar-refractivity contribution in [3.63, 3.8) is 0 Å². The molecular weight excluding hydrogens is 218 g/mol. The minimum absolute atomic E-state index is 0.0320. The molecule has 0 spiro atoms. The van der Waals surface area contributed by atoms with E-state index >= 15 is 0 Å². The highest BCUT2D eigenvalue weighted by Crippen LogP contribution is 2.18. The van der Waals surface area contributed by atoms with Crippen LogP contribution in [0.15, 0.2) is 24.3 Å². The Hall–Kier alpha value is -1.55. The summed E-state index contributed by atoms with van der Waals surface area (Å²) >= 11 is 0. The van der Waals surface area contributed by atoms with Gasteiger partial charge in [0.25, 0.3) is 0 Å². The number of methoxy groups -OCH3 is 1. The number of aliphatic hydroxyl groups excluding tert-OH is 1. The van der Waals surface area contributed by atoms with Crippen molar-refractivity contribution < 1.29 is 14.6 Å². The summed E-state index contributed by atoms with van der Waals surface area (Å²) in [6, 6.07) is 7.44. The first-order valence-electron chi connectivity index (χ1n) is 5.58. The van der Waals surface area contributed by atoms with Crippen LogP contribution in [0.5, 0.6) is 5.75 Å². The molecule has 0 aliphatic rings. The minimum atomic E-state index is -0.512. The Labute approximate surface area is 102 Å². The van der Waals surface area contributed by atoms with Crippen LogP contribution in [0, 0.1) is 0 Å². The van der Waals surface area contributed by atoms with Gasteiger partial charge in [-0.3, -0.25) is 4.79 Å². The van der Waals surface area contributed by atoms with E-state index in [9.17, 15) is 9.90 Å². The molecule has 0 bridgehead atoms. The number of likely N-dealkylation sites (N-methyl/N-ethyl adjacent to an activating group) is 1. The van der Waals surface area contributed by atoms with Crippen LogP contribution in [0.2, 0.25) is 0 Å². The third kappa shape index (κ3) is 4.07. The second-order valence-electron chi connectivity index (χ2n) is 4.11. The van der Waals surface area contributed by atoms with E-state index in [1.807, 2.05) is 24.3 Å². The quantitative estimate of drug-likeness (QED) is 0.833. The van der Waals surface area contributed by atoms with Crippen LogP contribution in [0.4, 0.5) is 0 Å². The number of para-hydroxylation sites is 1. The lowest BCUT2D eigenvalue weighted by atomic mass is 10.1. The Morgan fingerprint density at radius 2 is 2.12 bits per heavy atom. The van der Waals surface area contributed by atoms with Gasteiger partial charge in [-0.15, -0.1) is 0 Å². The zero-order valence-electron chi connectivity index (χ0n) is 10.5. The Morgan fingerprint density at radius 3 is 2.71 bits per heavy atom. The molecule has 0 fully saturated rings. The van der Waals surface area contributed by atoms with Crippen LogP contribution >= 0.6 is 0 Å². The molecule has 0 heterocycles. The highest BCUT2D eigenvalue weighted by Gasteiger charge is 2.13. The maximum absolute atomic E-state index is 11.9. The van der Waals surface area contributed by atoms with Crippen molar-refractivity contribution in [2.75, 3.05) is 20.7 Å². The fraction of sp³-hybridized carbons (Fsp3) is 0.462. The fourth-order valence-corrected chi connectivity index (χ4v) is 1.65. The van der Waals surface area contributed by atoms with Crippen molar-refractivity contribution in [3.8, 4) is 5.75 Å². The normalized spacial score (nSPS) is 12.0. The number of ether oxygens (including phenoxy) is 1. The van der Waals surface area contributed by atoms with Gasteiger partial charge in [-0.1, -0.05) is 18.2 Å². The van der Waals surface area contributed by atoms with E-state index in [-0.39, 0.29) is 12.3 Å². The molecule has 17 heavy (non-hydrogen) atoms. The smallest absolute Gasteiger partial charge is 0.226 e.